The third-order valence-electron chi connectivity index (χ3n) is 4.42. The first-order valence-corrected chi connectivity index (χ1v) is 8.89. The number of rotatable bonds is 4. The van der Waals surface area contributed by atoms with Crippen LogP contribution in [0.2, 0.25) is 0 Å². The molecule has 0 unspecified atom stereocenters. The predicted molar refractivity (Wildman–Crippen MR) is 102 cm³/mol. The number of ether oxygens (including phenoxy) is 2. The van der Waals surface area contributed by atoms with E-state index in [4.69, 9.17) is 9.47 Å². The van der Waals surface area contributed by atoms with Gasteiger partial charge in [0.1, 0.15) is 23.9 Å². The molecule has 2 aromatic carbocycles. The Labute approximate surface area is 158 Å². The molecule has 1 aliphatic rings. The van der Waals surface area contributed by atoms with Gasteiger partial charge in [0.25, 0.3) is 5.91 Å². The monoisotopic (exact) mass is 360 g/mol. The SMILES string of the molecule is Cc1ccc(Oc2ccc3c(c2)C(=O)N(Cc2ccccn2)CCO3)cc1. The van der Waals surface area contributed by atoms with Crippen molar-refractivity contribution >= 4 is 5.91 Å². The van der Waals surface area contributed by atoms with Gasteiger partial charge in [-0.1, -0.05) is 23.8 Å². The maximum atomic E-state index is 13.1. The molecule has 4 rings (SSSR count). The molecule has 1 aromatic heterocycles. The van der Waals surface area contributed by atoms with E-state index >= 15 is 0 Å². The first-order valence-electron chi connectivity index (χ1n) is 8.89. The van der Waals surface area contributed by atoms with Crippen LogP contribution in [0.25, 0.3) is 0 Å². The van der Waals surface area contributed by atoms with Gasteiger partial charge in [-0.05, 0) is 49.4 Å². The lowest BCUT2D eigenvalue weighted by molar-refractivity contribution is 0.0740. The number of benzene rings is 2. The molecule has 0 bridgehead atoms. The Morgan fingerprint density at radius 3 is 2.67 bits per heavy atom. The van der Waals surface area contributed by atoms with Crippen LogP contribution in [0.1, 0.15) is 21.6 Å². The van der Waals surface area contributed by atoms with Crippen LogP contribution in [0.3, 0.4) is 0 Å². The summed E-state index contributed by atoms with van der Waals surface area (Å²) in [6, 6.07) is 18.8. The minimum absolute atomic E-state index is 0.0810. The van der Waals surface area contributed by atoms with Crippen molar-refractivity contribution in [2.75, 3.05) is 13.2 Å². The van der Waals surface area contributed by atoms with Crippen molar-refractivity contribution in [3.63, 3.8) is 0 Å². The van der Waals surface area contributed by atoms with Gasteiger partial charge in [-0.25, -0.2) is 0 Å². The maximum absolute atomic E-state index is 13.1. The molecule has 0 N–H and O–H groups in total. The summed E-state index contributed by atoms with van der Waals surface area (Å²) in [7, 11) is 0. The van der Waals surface area contributed by atoms with Crippen molar-refractivity contribution < 1.29 is 14.3 Å². The Morgan fingerprint density at radius 1 is 1.07 bits per heavy atom. The second kappa shape index (κ2) is 7.50. The van der Waals surface area contributed by atoms with Crippen molar-refractivity contribution in [2.45, 2.75) is 13.5 Å². The van der Waals surface area contributed by atoms with Crippen LogP contribution < -0.4 is 9.47 Å². The molecule has 0 saturated heterocycles. The zero-order valence-corrected chi connectivity index (χ0v) is 15.1. The van der Waals surface area contributed by atoms with Gasteiger partial charge in [0, 0.05) is 6.20 Å². The lowest BCUT2D eigenvalue weighted by atomic mass is 10.1. The molecule has 3 aromatic rings. The van der Waals surface area contributed by atoms with E-state index < -0.39 is 0 Å². The number of hydrogen-bond acceptors (Lipinski definition) is 4. The Morgan fingerprint density at radius 2 is 1.89 bits per heavy atom. The molecule has 2 heterocycles. The van der Waals surface area contributed by atoms with Crippen LogP contribution in [0.4, 0.5) is 0 Å². The van der Waals surface area contributed by atoms with Gasteiger partial charge < -0.3 is 14.4 Å². The first-order chi connectivity index (χ1) is 13.2. The largest absolute Gasteiger partial charge is 0.491 e. The van der Waals surface area contributed by atoms with Gasteiger partial charge in [0.15, 0.2) is 0 Å². The van der Waals surface area contributed by atoms with Crippen molar-refractivity contribution in [1.29, 1.82) is 0 Å². The van der Waals surface area contributed by atoms with E-state index in [1.54, 1.807) is 23.2 Å². The summed E-state index contributed by atoms with van der Waals surface area (Å²) in [5.74, 6) is 1.84. The summed E-state index contributed by atoms with van der Waals surface area (Å²) in [5.41, 5.74) is 2.52. The second-order valence-electron chi connectivity index (χ2n) is 6.47. The summed E-state index contributed by atoms with van der Waals surface area (Å²) in [6.07, 6.45) is 1.73. The lowest BCUT2D eigenvalue weighted by Crippen LogP contribution is -2.32. The Kier molecular flexibility index (Phi) is 4.75. The van der Waals surface area contributed by atoms with Gasteiger partial charge in [-0.15, -0.1) is 0 Å². The summed E-state index contributed by atoms with van der Waals surface area (Å²) >= 11 is 0. The summed E-state index contributed by atoms with van der Waals surface area (Å²) in [4.78, 5) is 19.1. The number of fused-ring (bicyclic) bond motifs is 1. The van der Waals surface area contributed by atoms with E-state index in [0.717, 1.165) is 17.0 Å². The van der Waals surface area contributed by atoms with E-state index in [2.05, 4.69) is 4.98 Å². The lowest BCUT2D eigenvalue weighted by Gasteiger charge is -2.19. The minimum Gasteiger partial charge on any atom is -0.491 e. The molecule has 136 valence electrons. The summed E-state index contributed by atoms with van der Waals surface area (Å²) in [6.45, 7) is 3.44. The number of nitrogens with zero attached hydrogens (tertiary/aromatic N) is 2. The molecule has 0 aliphatic carbocycles. The first kappa shape index (κ1) is 17.1. The number of aryl methyl sites for hydroxylation is 1. The number of carbonyl (C=O) groups excluding carboxylic acids is 1. The fourth-order valence-electron chi connectivity index (χ4n) is 2.98. The normalized spacial score (nSPS) is 13.5. The highest BCUT2D eigenvalue weighted by molar-refractivity contribution is 5.97. The fraction of sp³-hybridized carbons (Fsp3) is 0.182. The molecular weight excluding hydrogens is 340 g/mol. The van der Waals surface area contributed by atoms with E-state index in [1.165, 1.54) is 0 Å². The molecule has 1 aliphatic heterocycles. The van der Waals surface area contributed by atoms with Gasteiger partial charge in [-0.3, -0.25) is 9.78 Å². The molecule has 5 nitrogen and oxygen atoms in total. The molecule has 0 spiro atoms. The van der Waals surface area contributed by atoms with Crippen LogP contribution in [0, 0.1) is 6.92 Å². The molecule has 0 fully saturated rings. The Bertz CT molecular complexity index is 940. The highest BCUT2D eigenvalue weighted by atomic mass is 16.5. The van der Waals surface area contributed by atoms with E-state index in [1.807, 2.05) is 55.5 Å². The number of carbonyl (C=O) groups is 1. The van der Waals surface area contributed by atoms with Crippen LogP contribution >= 0.6 is 0 Å². The van der Waals surface area contributed by atoms with Crippen LogP contribution in [-0.4, -0.2) is 28.9 Å². The van der Waals surface area contributed by atoms with Crippen molar-refractivity contribution in [3.8, 4) is 17.2 Å². The van der Waals surface area contributed by atoms with E-state index in [-0.39, 0.29) is 5.91 Å². The average Bonchev–Trinajstić information content (AvgIpc) is 2.84. The van der Waals surface area contributed by atoms with Gasteiger partial charge in [0.2, 0.25) is 0 Å². The Hall–Kier alpha value is -3.34. The van der Waals surface area contributed by atoms with Crippen LogP contribution in [0.15, 0.2) is 66.9 Å². The van der Waals surface area contributed by atoms with Gasteiger partial charge in [-0.2, -0.15) is 0 Å². The molecule has 0 radical (unpaired) electrons. The van der Waals surface area contributed by atoms with Gasteiger partial charge >= 0.3 is 0 Å². The average molecular weight is 360 g/mol. The smallest absolute Gasteiger partial charge is 0.258 e. The molecule has 27 heavy (non-hydrogen) atoms. The molecule has 0 saturated carbocycles. The van der Waals surface area contributed by atoms with Crippen LogP contribution in [0.5, 0.6) is 17.2 Å². The van der Waals surface area contributed by atoms with Gasteiger partial charge in [0.05, 0.1) is 24.3 Å². The third kappa shape index (κ3) is 3.92. The zero-order chi connectivity index (χ0) is 18.6. The quantitative estimate of drug-likeness (QED) is 0.699. The van der Waals surface area contributed by atoms with Crippen LogP contribution in [-0.2, 0) is 6.54 Å². The molecule has 1 amide bonds. The number of hydrogen-bond donors (Lipinski definition) is 0. The van der Waals surface area contributed by atoms with Crippen molar-refractivity contribution in [2.24, 2.45) is 0 Å². The Balaban J connectivity index is 1.58. The highest BCUT2D eigenvalue weighted by Crippen LogP contribution is 2.30. The standard InChI is InChI=1S/C22H20N2O3/c1-16-5-7-18(8-6-16)27-19-9-10-21-20(14-19)22(25)24(12-13-26-21)15-17-4-2-3-11-23-17/h2-11,14H,12-13,15H2,1H3. The molecule has 0 atom stereocenters. The molecule has 5 heteroatoms. The van der Waals surface area contributed by atoms with E-state index in [0.29, 0.717) is 36.8 Å². The summed E-state index contributed by atoms with van der Waals surface area (Å²) < 4.78 is 11.7. The van der Waals surface area contributed by atoms with Crippen molar-refractivity contribution in [3.05, 3.63) is 83.7 Å². The zero-order valence-electron chi connectivity index (χ0n) is 15.1. The number of amides is 1. The van der Waals surface area contributed by atoms with Crippen molar-refractivity contribution in [1.82, 2.24) is 9.88 Å². The highest BCUT2D eigenvalue weighted by Gasteiger charge is 2.24. The number of pyridine rings is 1. The predicted octanol–water partition coefficient (Wildman–Crippen LogP) is 4.22. The second-order valence-corrected chi connectivity index (χ2v) is 6.47. The van der Waals surface area contributed by atoms with E-state index in [9.17, 15) is 4.79 Å². The fourth-order valence-corrected chi connectivity index (χ4v) is 2.98. The third-order valence-corrected chi connectivity index (χ3v) is 4.42. The molecular formula is C22H20N2O3. The topological polar surface area (TPSA) is 51.7 Å². The minimum atomic E-state index is -0.0810. The summed E-state index contributed by atoms with van der Waals surface area (Å²) in [5, 5.41) is 0. The number of aromatic nitrogens is 1. The maximum Gasteiger partial charge on any atom is 0.258 e.